The molecule has 0 aliphatic heterocycles. The van der Waals surface area contributed by atoms with Crippen LogP contribution < -0.4 is 10.6 Å². The number of amides is 1. The van der Waals surface area contributed by atoms with Crippen molar-refractivity contribution >= 4 is 17.4 Å². The zero-order valence-electron chi connectivity index (χ0n) is 15.6. The highest BCUT2D eigenvalue weighted by atomic mass is 16.1. The number of aromatic nitrogens is 6. The summed E-state index contributed by atoms with van der Waals surface area (Å²) in [5.41, 5.74) is 2.92. The van der Waals surface area contributed by atoms with Crippen LogP contribution in [0, 0.1) is 13.8 Å². The maximum absolute atomic E-state index is 12.6. The molecule has 0 aromatic carbocycles. The summed E-state index contributed by atoms with van der Waals surface area (Å²) in [5, 5.41) is 10.4. The van der Waals surface area contributed by atoms with Crippen molar-refractivity contribution in [1.82, 2.24) is 34.4 Å². The lowest BCUT2D eigenvalue weighted by Crippen LogP contribution is -2.30. The van der Waals surface area contributed by atoms with Crippen molar-refractivity contribution in [1.29, 1.82) is 0 Å². The van der Waals surface area contributed by atoms with Gasteiger partial charge in [-0.1, -0.05) is 6.07 Å². The average Bonchev–Trinajstić information content (AvgIpc) is 3.27. The molecule has 0 saturated carbocycles. The van der Waals surface area contributed by atoms with Gasteiger partial charge in [0, 0.05) is 31.5 Å². The van der Waals surface area contributed by atoms with Crippen LogP contribution in [-0.2, 0) is 0 Å². The van der Waals surface area contributed by atoms with E-state index < -0.39 is 0 Å². The Hall–Kier alpha value is -3.75. The molecule has 9 heteroatoms. The van der Waals surface area contributed by atoms with E-state index in [0.717, 1.165) is 11.3 Å². The number of nitrogens with zero attached hydrogens (tertiary/aromatic N) is 6. The van der Waals surface area contributed by atoms with E-state index in [2.05, 4.69) is 30.7 Å². The van der Waals surface area contributed by atoms with Crippen molar-refractivity contribution in [2.45, 2.75) is 13.8 Å². The van der Waals surface area contributed by atoms with E-state index in [1.54, 1.807) is 9.08 Å². The van der Waals surface area contributed by atoms with Gasteiger partial charge in [0.1, 0.15) is 23.5 Å². The van der Waals surface area contributed by atoms with Crippen LogP contribution in [0.2, 0.25) is 0 Å². The summed E-state index contributed by atoms with van der Waals surface area (Å²) < 4.78 is 3.48. The highest BCUT2D eigenvalue weighted by molar-refractivity contribution is 5.94. The lowest BCUT2D eigenvalue weighted by atomic mass is 10.3. The van der Waals surface area contributed by atoms with Crippen molar-refractivity contribution in [3.05, 3.63) is 66.1 Å². The van der Waals surface area contributed by atoms with E-state index in [1.165, 1.54) is 6.33 Å². The van der Waals surface area contributed by atoms with Crippen LogP contribution in [0.15, 0.2) is 49.1 Å². The number of carbonyl (C=O) groups is 1. The molecule has 0 unspecified atom stereocenters. The van der Waals surface area contributed by atoms with Gasteiger partial charge in [-0.3, -0.25) is 9.20 Å². The number of hydrogen-bond acceptors (Lipinski definition) is 6. The molecule has 0 bridgehead atoms. The number of imidazole rings is 1. The van der Waals surface area contributed by atoms with Crippen LogP contribution in [0.1, 0.15) is 21.9 Å². The van der Waals surface area contributed by atoms with Gasteiger partial charge in [-0.2, -0.15) is 5.10 Å². The molecule has 4 aromatic rings. The van der Waals surface area contributed by atoms with Gasteiger partial charge < -0.3 is 10.6 Å². The van der Waals surface area contributed by atoms with E-state index in [4.69, 9.17) is 0 Å². The summed E-state index contributed by atoms with van der Waals surface area (Å²) in [7, 11) is 0. The predicted octanol–water partition coefficient (Wildman–Crippen LogP) is 1.77. The Bertz CT molecular complexity index is 1130. The number of fused-ring (bicyclic) bond motifs is 1. The van der Waals surface area contributed by atoms with Crippen molar-refractivity contribution in [3.63, 3.8) is 0 Å². The first-order chi connectivity index (χ1) is 13.6. The van der Waals surface area contributed by atoms with Gasteiger partial charge >= 0.3 is 0 Å². The number of rotatable bonds is 6. The summed E-state index contributed by atoms with van der Waals surface area (Å²) in [6.45, 7) is 4.72. The van der Waals surface area contributed by atoms with Gasteiger partial charge in [0.15, 0.2) is 5.82 Å². The molecule has 0 atom stereocenters. The monoisotopic (exact) mass is 376 g/mol. The van der Waals surface area contributed by atoms with Crippen LogP contribution in [-0.4, -0.2) is 48.1 Å². The van der Waals surface area contributed by atoms with Gasteiger partial charge in [-0.15, -0.1) is 0 Å². The highest BCUT2D eigenvalue weighted by Crippen LogP contribution is 2.11. The maximum atomic E-state index is 12.6. The molecule has 4 heterocycles. The van der Waals surface area contributed by atoms with Gasteiger partial charge in [0.2, 0.25) is 0 Å². The minimum Gasteiger partial charge on any atom is -0.368 e. The molecule has 0 radical (unpaired) electrons. The number of hydrogen-bond donors (Lipinski definition) is 2. The Morgan fingerprint density at radius 2 is 2.00 bits per heavy atom. The normalized spacial score (nSPS) is 10.9. The zero-order valence-corrected chi connectivity index (χ0v) is 15.6. The smallest absolute Gasteiger partial charge is 0.270 e. The third-order valence-corrected chi connectivity index (χ3v) is 4.25. The maximum Gasteiger partial charge on any atom is 0.270 e. The minimum atomic E-state index is -0.159. The predicted molar refractivity (Wildman–Crippen MR) is 105 cm³/mol. The van der Waals surface area contributed by atoms with Gasteiger partial charge in [-0.05, 0) is 32.0 Å². The van der Waals surface area contributed by atoms with E-state index in [9.17, 15) is 4.79 Å². The summed E-state index contributed by atoms with van der Waals surface area (Å²) >= 11 is 0. The molecule has 0 aliphatic rings. The molecule has 2 N–H and O–H groups in total. The van der Waals surface area contributed by atoms with Crippen LogP contribution in [0.3, 0.4) is 0 Å². The van der Waals surface area contributed by atoms with Crippen LogP contribution >= 0.6 is 0 Å². The summed E-state index contributed by atoms with van der Waals surface area (Å²) in [4.78, 5) is 25.4. The van der Waals surface area contributed by atoms with E-state index in [1.807, 2.05) is 56.6 Å². The topological polar surface area (TPSA) is 102 Å². The molecule has 0 fully saturated rings. The molecule has 9 nitrogen and oxygen atoms in total. The Morgan fingerprint density at radius 1 is 1.11 bits per heavy atom. The van der Waals surface area contributed by atoms with Gasteiger partial charge in [-0.25, -0.2) is 19.6 Å². The lowest BCUT2D eigenvalue weighted by molar-refractivity contribution is 0.0948. The largest absolute Gasteiger partial charge is 0.368 e. The number of anilines is 1. The fourth-order valence-electron chi connectivity index (χ4n) is 2.95. The third kappa shape index (κ3) is 3.54. The molecule has 4 aromatic heterocycles. The molecule has 0 spiro atoms. The van der Waals surface area contributed by atoms with Crippen molar-refractivity contribution in [2.75, 3.05) is 18.4 Å². The first kappa shape index (κ1) is 17.7. The van der Waals surface area contributed by atoms with Crippen LogP contribution in [0.4, 0.5) is 5.82 Å². The summed E-state index contributed by atoms with van der Waals surface area (Å²) in [5.74, 6) is 1.18. The molecule has 28 heavy (non-hydrogen) atoms. The molecule has 142 valence electrons. The molecule has 0 aliphatic carbocycles. The Kier molecular flexibility index (Phi) is 4.71. The quantitative estimate of drug-likeness (QED) is 0.497. The SMILES string of the molecule is Cc1ccn(-c2cc(NCCNC(=O)c3c(C)nc4ccccn34)ncn2)n1. The van der Waals surface area contributed by atoms with E-state index in [-0.39, 0.29) is 5.91 Å². The number of aryl methyl sites for hydroxylation is 2. The third-order valence-electron chi connectivity index (χ3n) is 4.25. The van der Waals surface area contributed by atoms with Crippen molar-refractivity contribution in [3.8, 4) is 5.82 Å². The fraction of sp³-hybridized carbons (Fsp3) is 0.211. The van der Waals surface area contributed by atoms with Crippen LogP contribution in [0.5, 0.6) is 0 Å². The van der Waals surface area contributed by atoms with Crippen LogP contribution in [0.25, 0.3) is 11.5 Å². The molecular weight excluding hydrogens is 356 g/mol. The number of carbonyl (C=O) groups excluding carboxylic acids is 1. The van der Waals surface area contributed by atoms with Crippen molar-refractivity contribution in [2.24, 2.45) is 0 Å². The number of nitrogens with one attached hydrogen (secondary N) is 2. The van der Waals surface area contributed by atoms with Crippen molar-refractivity contribution < 1.29 is 4.79 Å². The van der Waals surface area contributed by atoms with Gasteiger partial charge in [0.05, 0.1) is 11.4 Å². The molecule has 4 rings (SSSR count). The number of pyridine rings is 1. The standard InChI is InChI=1S/C19H20N8O/c1-13-6-10-27(25-13)17-11-15(22-12-23-17)20-7-8-21-19(28)18-14(2)24-16-5-3-4-9-26(16)18/h3-6,9-12H,7-8H2,1-2H3,(H,21,28)(H,20,22,23). The second-order valence-electron chi connectivity index (χ2n) is 6.32. The molecule has 1 amide bonds. The Labute approximate surface area is 161 Å². The first-order valence-corrected chi connectivity index (χ1v) is 8.92. The molecule has 0 saturated heterocycles. The second kappa shape index (κ2) is 7.47. The zero-order chi connectivity index (χ0) is 19.5. The Morgan fingerprint density at radius 3 is 2.82 bits per heavy atom. The summed E-state index contributed by atoms with van der Waals surface area (Å²) in [6, 6.07) is 9.36. The average molecular weight is 376 g/mol. The highest BCUT2D eigenvalue weighted by Gasteiger charge is 2.15. The van der Waals surface area contributed by atoms with Gasteiger partial charge in [0.25, 0.3) is 5.91 Å². The van der Waals surface area contributed by atoms with E-state index >= 15 is 0 Å². The van der Waals surface area contributed by atoms with E-state index in [0.29, 0.717) is 36.1 Å². The minimum absolute atomic E-state index is 0.159. The lowest BCUT2D eigenvalue weighted by Gasteiger charge is -2.09. The molecular formula is C19H20N8O. The fourth-order valence-corrected chi connectivity index (χ4v) is 2.95. The summed E-state index contributed by atoms with van der Waals surface area (Å²) in [6.07, 6.45) is 5.16. The second-order valence-corrected chi connectivity index (χ2v) is 6.32. The first-order valence-electron chi connectivity index (χ1n) is 8.92. The Balaban J connectivity index is 1.36.